The Labute approximate surface area is 59.7 Å². The number of aldehydes is 1. The molecule has 0 aromatic carbocycles. The van der Waals surface area contributed by atoms with Crippen molar-refractivity contribution in [1.82, 2.24) is 9.78 Å². The highest BCUT2D eigenvalue weighted by Gasteiger charge is 2.06. The highest BCUT2D eigenvalue weighted by atomic mass is 16.1. The van der Waals surface area contributed by atoms with E-state index >= 15 is 0 Å². The van der Waals surface area contributed by atoms with Crippen LogP contribution in [0.1, 0.15) is 18.5 Å². The molecule has 1 atom stereocenters. The van der Waals surface area contributed by atoms with Gasteiger partial charge in [0.25, 0.3) is 0 Å². The minimum absolute atomic E-state index is 0.0486. The van der Waals surface area contributed by atoms with E-state index in [-0.39, 0.29) is 5.92 Å². The lowest BCUT2D eigenvalue weighted by atomic mass is 10.1. The van der Waals surface area contributed by atoms with Gasteiger partial charge in [-0.05, 0) is 6.07 Å². The lowest BCUT2D eigenvalue weighted by molar-refractivity contribution is -0.108. The second-order valence-corrected chi connectivity index (χ2v) is 2.30. The summed E-state index contributed by atoms with van der Waals surface area (Å²) in [6, 6.07) is 1.85. The maximum absolute atomic E-state index is 10.3. The molecule has 3 nitrogen and oxygen atoms in total. The number of nitrogens with zero attached hydrogens (tertiary/aromatic N) is 2. The smallest absolute Gasteiger partial charge is 0.128 e. The summed E-state index contributed by atoms with van der Waals surface area (Å²) in [4.78, 5) is 10.3. The topological polar surface area (TPSA) is 34.9 Å². The lowest BCUT2D eigenvalue weighted by Crippen LogP contribution is -2.02. The van der Waals surface area contributed by atoms with Crippen LogP contribution in [0.5, 0.6) is 0 Å². The molecular weight excluding hydrogens is 128 g/mol. The summed E-state index contributed by atoms with van der Waals surface area (Å²) in [6.45, 7) is 1.85. The molecule has 0 fully saturated rings. The van der Waals surface area contributed by atoms with E-state index in [1.807, 2.05) is 20.0 Å². The number of carbonyl (C=O) groups excluding carboxylic acids is 1. The van der Waals surface area contributed by atoms with Crippen molar-refractivity contribution in [3.63, 3.8) is 0 Å². The highest BCUT2D eigenvalue weighted by molar-refractivity contribution is 5.60. The van der Waals surface area contributed by atoms with Crippen LogP contribution in [0.3, 0.4) is 0 Å². The van der Waals surface area contributed by atoms with Gasteiger partial charge in [0.1, 0.15) is 6.29 Å². The molecule has 1 aromatic rings. The maximum atomic E-state index is 10.3. The van der Waals surface area contributed by atoms with Gasteiger partial charge in [-0.3, -0.25) is 4.68 Å². The van der Waals surface area contributed by atoms with Crippen LogP contribution in [-0.2, 0) is 11.8 Å². The molecule has 1 rings (SSSR count). The predicted molar refractivity (Wildman–Crippen MR) is 37.7 cm³/mol. The number of hydrogen-bond acceptors (Lipinski definition) is 2. The van der Waals surface area contributed by atoms with Crippen molar-refractivity contribution in [2.75, 3.05) is 0 Å². The molecule has 0 radical (unpaired) electrons. The molecule has 0 bridgehead atoms. The van der Waals surface area contributed by atoms with Crippen LogP contribution >= 0.6 is 0 Å². The first kappa shape index (κ1) is 6.99. The fourth-order valence-corrected chi connectivity index (χ4v) is 0.900. The molecule has 1 unspecified atom stereocenters. The molecular formula is C7H10N2O. The molecule has 0 aliphatic carbocycles. The van der Waals surface area contributed by atoms with Crippen LogP contribution in [0, 0.1) is 0 Å². The fourth-order valence-electron chi connectivity index (χ4n) is 0.900. The summed E-state index contributed by atoms with van der Waals surface area (Å²) >= 11 is 0. The predicted octanol–water partition coefficient (Wildman–Crippen LogP) is 0.722. The van der Waals surface area contributed by atoms with Crippen LogP contribution in [0.25, 0.3) is 0 Å². The van der Waals surface area contributed by atoms with Crippen LogP contribution in [0.15, 0.2) is 12.3 Å². The molecule has 0 saturated heterocycles. The van der Waals surface area contributed by atoms with E-state index in [4.69, 9.17) is 0 Å². The van der Waals surface area contributed by atoms with Crippen LogP contribution in [0.2, 0.25) is 0 Å². The number of aromatic nitrogens is 2. The molecule has 0 N–H and O–H groups in total. The first-order chi connectivity index (χ1) is 4.75. The van der Waals surface area contributed by atoms with Gasteiger partial charge in [0.15, 0.2) is 0 Å². The summed E-state index contributed by atoms with van der Waals surface area (Å²) in [7, 11) is 1.83. The van der Waals surface area contributed by atoms with Crippen molar-refractivity contribution >= 4 is 6.29 Å². The molecule has 0 spiro atoms. The molecule has 1 aromatic heterocycles. The van der Waals surface area contributed by atoms with Crippen molar-refractivity contribution in [2.24, 2.45) is 7.05 Å². The van der Waals surface area contributed by atoms with E-state index in [2.05, 4.69) is 5.10 Å². The Kier molecular flexibility index (Phi) is 1.85. The standard InChI is InChI=1S/C7H10N2O/c1-6(5-10)7-3-4-8-9(7)2/h3-6H,1-2H3. The first-order valence-electron chi connectivity index (χ1n) is 3.19. The molecule has 54 valence electrons. The zero-order chi connectivity index (χ0) is 7.56. The third-order valence-electron chi connectivity index (χ3n) is 1.53. The second-order valence-electron chi connectivity index (χ2n) is 2.30. The number of aryl methyl sites for hydroxylation is 1. The molecule has 0 saturated carbocycles. The van der Waals surface area contributed by atoms with Gasteiger partial charge in [-0.2, -0.15) is 5.10 Å². The summed E-state index contributed by atoms with van der Waals surface area (Å²) in [5.41, 5.74) is 0.954. The Morgan fingerprint density at radius 1 is 1.80 bits per heavy atom. The van der Waals surface area contributed by atoms with E-state index < -0.39 is 0 Å². The summed E-state index contributed by atoms with van der Waals surface area (Å²) in [6.07, 6.45) is 2.60. The summed E-state index contributed by atoms with van der Waals surface area (Å²) in [5, 5.41) is 3.94. The van der Waals surface area contributed by atoms with Crippen LogP contribution in [0.4, 0.5) is 0 Å². The summed E-state index contributed by atoms with van der Waals surface area (Å²) < 4.78 is 1.71. The first-order valence-corrected chi connectivity index (χ1v) is 3.19. The Morgan fingerprint density at radius 3 is 2.90 bits per heavy atom. The van der Waals surface area contributed by atoms with E-state index in [0.717, 1.165) is 12.0 Å². The van der Waals surface area contributed by atoms with Crippen molar-refractivity contribution in [3.8, 4) is 0 Å². The van der Waals surface area contributed by atoms with Gasteiger partial charge in [0.05, 0.1) is 5.92 Å². The number of carbonyl (C=O) groups is 1. The normalized spacial score (nSPS) is 13.0. The van der Waals surface area contributed by atoms with Gasteiger partial charge < -0.3 is 4.79 Å². The van der Waals surface area contributed by atoms with Gasteiger partial charge in [-0.25, -0.2) is 0 Å². The Balaban J connectivity index is 2.92. The van der Waals surface area contributed by atoms with Gasteiger partial charge >= 0.3 is 0 Å². The third kappa shape index (κ3) is 1.07. The lowest BCUT2D eigenvalue weighted by Gasteiger charge is -2.01. The quantitative estimate of drug-likeness (QED) is 0.564. The Hall–Kier alpha value is -1.12. The SMILES string of the molecule is CC(C=O)c1ccnn1C. The third-order valence-corrected chi connectivity index (χ3v) is 1.53. The van der Waals surface area contributed by atoms with E-state index in [9.17, 15) is 4.79 Å². The van der Waals surface area contributed by atoms with Crippen molar-refractivity contribution in [1.29, 1.82) is 0 Å². The molecule has 0 amide bonds. The Bertz CT molecular complexity index is 229. The fraction of sp³-hybridized carbons (Fsp3) is 0.429. The maximum Gasteiger partial charge on any atom is 0.128 e. The monoisotopic (exact) mass is 138 g/mol. The minimum Gasteiger partial charge on any atom is -0.303 e. The second kappa shape index (κ2) is 2.64. The molecule has 10 heavy (non-hydrogen) atoms. The molecule has 1 heterocycles. The van der Waals surface area contributed by atoms with E-state index in [0.29, 0.717) is 0 Å². The van der Waals surface area contributed by atoms with Crippen molar-refractivity contribution in [2.45, 2.75) is 12.8 Å². The molecule has 0 aliphatic rings. The van der Waals surface area contributed by atoms with Crippen molar-refractivity contribution < 1.29 is 4.79 Å². The molecule has 3 heteroatoms. The highest BCUT2D eigenvalue weighted by Crippen LogP contribution is 2.09. The zero-order valence-electron chi connectivity index (χ0n) is 6.11. The molecule has 0 aliphatic heterocycles. The van der Waals surface area contributed by atoms with E-state index in [1.54, 1.807) is 10.9 Å². The van der Waals surface area contributed by atoms with Gasteiger partial charge in [0, 0.05) is 18.9 Å². The van der Waals surface area contributed by atoms with Crippen LogP contribution < -0.4 is 0 Å². The van der Waals surface area contributed by atoms with E-state index in [1.165, 1.54) is 0 Å². The number of rotatable bonds is 2. The van der Waals surface area contributed by atoms with Gasteiger partial charge in [-0.1, -0.05) is 6.92 Å². The minimum atomic E-state index is -0.0486. The number of hydrogen-bond donors (Lipinski definition) is 0. The largest absolute Gasteiger partial charge is 0.303 e. The van der Waals surface area contributed by atoms with Crippen LogP contribution in [-0.4, -0.2) is 16.1 Å². The van der Waals surface area contributed by atoms with Gasteiger partial charge in [0.2, 0.25) is 0 Å². The Morgan fingerprint density at radius 2 is 2.50 bits per heavy atom. The van der Waals surface area contributed by atoms with Crippen molar-refractivity contribution in [3.05, 3.63) is 18.0 Å². The average Bonchev–Trinajstić information content (AvgIpc) is 2.34. The zero-order valence-corrected chi connectivity index (χ0v) is 6.11. The average molecular weight is 138 g/mol. The summed E-state index contributed by atoms with van der Waals surface area (Å²) in [5.74, 6) is -0.0486. The van der Waals surface area contributed by atoms with Gasteiger partial charge in [-0.15, -0.1) is 0 Å².